The first kappa shape index (κ1) is 102. The molecule has 104 heavy (non-hydrogen) atoms. The molecule has 6 atom stereocenters. The van der Waals surface area contributed by atoms with E-state index in [0.717, 1.165) is 95.8 Å². The molecule has 618 valence electrons. The summed E-state index contributed by atoms with van der Waals surface area (Å²) >= 11 is 0. The molecule has 0 saturated heterocycles. The molecule has 0 aliphatic carbocycles. The SMILES string of the molecule is CCCCCCCCCCCCCCCCCCCCCC(=O)O[C@H](COC(=O)CCCCCCCCCCCCCCCCC(C)CC)COP(=O)(O)OC[C@@H](O)COP(=O)(O)OC[C@@H](COC(=O)CCCCCCCCCCC)OC(=O)CCCCCCCCCCCCCCCCCCCC. The smallest absolute Gasteiger partial charge is 0.462 e. The van der Waals surface area contributed by atoms with Crippen LogP contribution in [-0.2, 0) is 65.4 Å². The quantitative estimate of drug-likeness (QED) is 0.0222. The third-order valence-electron chi connectivity index (χ3n) is 20.4. The van der Waals surface area contributed by atoms with Crippen molar-refractivity contribution in [2.45, 2.75) is 477 Å². The predicted octanol–water partition coefficient (Wildman–Crippen LogP) is 26.0. The van der Waals surface area contributed by atoms with Crippen LogP contribution in [0.3, 0.4) is 0 Å². The topological polar surface area (TPSA) is 237 Å². The van der Waals surface area contributed by atoms with Gasteiger partial charge in [-0.2, -0.15) is 0 Å². The van der Waals surface area contributed by atoms with Gasteiger partial charge in [0.1, 0.15) is 19.3 Å². The molecule has 0 aromatic rings. The third kappa shape index (κ3) is 76.8. The van der Waals surface area contributed by atoms with Gasteiger partial charge >= 0.3 is 39.5 Å². The van der Waals surface area contributed by atoms with Crippen LogP contribution < -0.4 is 0 Å². The second-order valence-corrected chi connectivity index (χ2v) is 33.7. The van der Waals surface area contributed by atoms with Crippen molar-refractivity contribution in [2.24, 2.45) is 5.92 Å². The summed E-state index contributed by atoms with van der Waals surface area (Å²) in [7, 11) is -9.92. The lowest BCUT2D eigenvalue weighted by molar-refractivity contribution is -0.161. The normalized spacial score (nSPS) is 14.0. The Morgan fingerprint density at radius 1 is 0.269 bits per heavy atom. The standard InChI is InChI=1S/C85H166O17P2/c1-6-10-13-16-19-22-24-26-28-30-32-34-36-42-46-51-56-61-66-71-85(90)102-81(75-96-83(88)69-64-59-54-49-44-40-38-37-39-43-48-52-57-62-67-78(5)9-4)77-100-104(93,94)98-73-79(86)72-97-103(91,92)99-76-80(74-95-82(87)68-63-58-53-47-21-18-15-12-8-3)101-84(89)70-65-60-55-50-45-41-35-33-31-29-27-25-23-20-17-14-11-7-2/h78-81,86H,6-77H2,1-5H3,(H,91,92)(H,93,94)/t78?,79-,80+,81+/m0/s1. The van der Waals surface area contributed by atoms with Crippen LogP contribution in [0.5, 0.6) is 0 Å². The van der Waals surface area contributed by atoms with Crippen LogP contribution in [0.2, 0.25) is 0 Å². The highest BCUT2D eigenvalue weighted by Gasteiger charge is 2.30. The molecule has 0 spiro atoms. The van der Waals surface area contributed by atoms with Crippen LogP contribution in [0.15, 0.2) is 0 Å². The summed E-state index contributed by atoms with van der Waals surface area (Å²) in [6, 6.07) is 0. The Hall–Kier alpha value is -1.94. The monoisotopic (exact) mass is 1520 g/mol. The molecule has 0 amide bonds. The van der Waals surface area contributed by atoms with Gasteiger partial charge in [0, 0.05) is 25.7 Å². The van der Waals surface area contributed by atoms with Crippen molar-refractivity contribution in [1.29, 1.82) is 0 Å². The maximum atomic E-state index is 13.1. The van der Waals surface area contributed by atoms with E-state index in [0.29, 0.717) is 25.7 Å². The molecule has 0 radical (unpaired) electrons. The predicted molar refractivity (Wildman–Crippen MR) is 428 cm³/mol. The molecule has 0 aliphatic heterocycles. The van der Waals surface area contributed by atoms with Gasteiger partial charge in [-0.25, -0.2) is 9.13 Å². The summed E-state index contributed by atoms with van der Waals surface area (Å²) in [4.78, 5) is 73.1. The molecule has 0 saturated carbocycles. The lowest BCUT2D eigenvalue weighted by atomic mass is 9.99. The van der Waals surface area contributed by atoms with E-state index < -0.39 is 97.5 Å². The minimum absolute atomic E-state index is 0.109. The highest BCUT2D eigenvalue weighted by atomic mass is 31.2. The number of esters is 4. The minimum atomic E-state index is -4.96. The fourth-order valence-corrected chi connectivity index (χ4v) is 14.8. The van der Waals surface area contributed by atoms with Crippen LogP contribution >= 0.6 is 15.6 Å². The summed E-state index contributed by atoms with van der Waals surface area (Å²) < 4.78 is 68.8. The third-order valence-corrected chi connectivity index (χ3v) is 22.3. The van der Waals surface area contributed by atoms with E-state index in [1.807, 2.05) is 0 Å². The summed E-state index contributed by atoms with van der Waals surface area (Å²) in [5, 5.41) is 10.7. The zero-order chi connectivity index (χ0) is 76.2. The molecule has 0 aromatic carbocycles. The summed E-state index contributed by atoms with van der Waals surface area (Å²) in [6.07, 6.45) is 70.7. The van der Waals surface area contributed by atoms with E-state index in [4.69, 9.17) is 37.0 Å². The van der Waals surface area contributed by atoms with Gasteiger partial charge in [0.2, 0.25) is 0 Å². The van der Waals surface area contributed by atoms with Crippen molar-refractivity contribution in [3.05, 3.63) is 0 Å². The largest absolute Gasteiger partial charge is 0.472 e. The summed E-state index contributed by atoms with van der Waals surface area (Å²) in [5.41, 5.74) is 0. The van der Waals surface area contributed by atoms with Crippen molar-refractivity contribution in [1.82, 2.24) is 0 Å². The Bertz CT molecular complexity index is 1980. The van der Waals surface area contributed by atoms with Crippen LogP contribution in [0, 0.1) is 5.92 Å². The fraction of sp³-hybridized carbons (Fsp3) is 0.953. The number of carbonyl (C=O) groups excluding carboxylic acids is 4. The molecule has 0 aliphatic rings. The molecular formula is C85H166O17P2. The Labute approximate surface area is 638 Å². The van der Waals surface area contributed by atoms with Gasteiger partial charge in [-0.3, -0.25) is 37.3 Å². The van der Waals surface area contributed by atoms with Gasteiger partial charge < -0.3 is 33.8 Å². The zero-order valence-electron chi connectivity index (χ0n) is 68.2. The summed E-state index contributed by atoms with van der Waals surface area (Å²) in [6.45, 7) is 7.40. The number of phosphoric ester groups is 2. The molecule has 0 aromatic heterocycles. The Morgan fingerprint density at radius 3 is 0.683 bits per heavy atom. The van der Waals surface area contributed by atoms with Gasteiger partial charge in [-0.1, -0.05) is 407 Å². The number of ether oxygens (including phenoxy) is 4. The first-order chi connectivity index (χ1) is 50.6. The van der Waals surface area contributed by atoms with Crippen molar-refractivity contribution in [3.63, 3.8) is 0 Å². The number of aliphatic hydroxyl groups is 1. The summed E-state index contributed by atoms with van der Waals surface area (Å²) in [5.74, 6) is -1.25. The van der Waals surface area contributed by atoms with Gasteiger partial charge in [-0.15, -0.1) is 0 Å². The molecule has 0 bridgehead atoms. The zero-order valence-corrected chi connectivity index (χ0v) is 70.0. The number of hydrogen-bond acceptors (Lipinski definition) is 15. The number of carbonyl (C=O) groups is 4. The molecule has 17 nitrogen and oxygen atoms in total. The molecule has 0 heterocycles. The van der Waals surface area contributed by atoms with Crippen molar-refractivity contribution < 1.29 is 80.2 Å². The van der Waals surface area contributed by atoms with E-state index in [-0.39, 0.29) is 25.7 Å². The fourth-order valence-electron chi connectivity index (χ4n) is 13.3. The van der Waals surface area contributed by atoms with Crippen LogP contribution in [0.4, 0.5) is 0 Å². The molecule has 0 rings (SSSR count). The minimum Gasteiger partial charge on any atom is -0.462 e. The van der Waals surface area contributed by atoms with E-state index in [1.165, 1.54) is 283 Å². The molecule has 0 fully saturated rings. The number of aliphatic hydroxyl groups excluding tert-OH is 1. The number of rotatable bonds is 85. The van der Waals surface area contributed by atoms with E-state index in [2.05, 4.69) is 34.6 Å². The van der Waals surface area contributed by atoms with E-state index >= 15 is 0 Å². The molecule has 3 unspecified atom stereocenters. The number of phosphoric acid groups is 2. The maximum Gasteiger partial charge on any atom is 0.472 e. The number of hydrogen-bond donors (Lipinski definition) is 3. The van der Waals surface area contributed by atoms with Crippen LogP contribution in [0.25, 0.3) is 0 Å². The molecule has 3 N–H and O–H groups in total. The molecular weight excluding hydrogens is 1350 g/mol. The maximum absolute atomic E-state index is 13.1. The highest BCUT2D eigenvalue weighted by molar-refractivity contribution is 7.47. The van der Waals surface area contributed by atoms with E-state index in [9.17, 15) is 43.2 Å². The molecule has 19 heteroatoms. The first-order valence-corrected chi connectivity index (χ1v) is 47.2. The highest BCUT2D eigenvalue weighted by Crippen LogP contribution is 2.45. The Balaban J connectivity index is 5.21. The van der Waals surface area contributed by atoms with Gasteiger partial charge in [0.25, 0.3) is 0 Å². The average Bonchev–Trinajstić information content (AvgIpc) is 0.907. The second kappa shape index (κ2) is 77.8. The average molecular weight is 1520 g/mol. The second-order valence-electron chi connectivity index (χ2n) is 30.8. The van der Waals surface area contributed by atoms with Crippen molar-refractivity contribution in [2.75, 3.05) is 39.6 Å². The Kier molecular flexibility index (Phi) is 76.3. The Morgan fingerprint density at radius 2 is 0.462 bits per heavy atom. The van der Waals surface area contributed by atoms with Gasteiger partial charge in [0.15, 0.2) is 12.2 Å². The van der Waals surface area contributed by atoms with Crippen molar-refractivity contribution in [3.8, 4) is 0 Å². The van der Waals surface area contributed by atoms with Gasteiger partial charge in [-0.05, 0) is 31.6 Å². The van der Waals surface area contributed by atoms with Crippen LogP contribution in [-0.4, -0.2) is 96.7 Å². The lowest BCUT2D eigenvalue weighted by Gasteiger charge is -2.21. The first-order valence-electron chi connectivity index (χ1n) is 44.2. The van der Waals surface area contributed by atoms with Crippen LogP contribution in [0.1, 0.15) is 458 Å². The van der Waals surface area contributed by atoms with E-state index in [1.54, 1.807) is 0 Å². The van der Waals surface area contributed by atoms with Gasteiger partial charge in [0.05, 0.1) is 26.4 Å². The lowest BCUT2D eigenvalue weighted by Crippen LogP contribution is -2.30. The van der Waals surface area contributed by atoms with Crippen molar-refractivity contribution >= 4 is 39.5 Å². The number of unbranched alkanes of at least 4 members (excludes halogenated alkanes) is 56.